The summed E-state index contributed by atoms with van der Waals surface area (Å²) in [6, 6.07) is 15.1. The van der Waals surface area contributed by atoms with Crippen LogP contribution in [0, 0.1) is 0 Å². The smallest absolute Gasteiger partial charge is 0.123 e. The lowest BCUT2D eigenvalue weighted by molar-refractivity contribution is 0.224. The van der Waals surface area contributed by atoms with Crippen molar-refractivity contribution in [3.8, 4) is 5.75 Å². The Morgan fingerprint density at radius 2 is 1.86 bits per heavy atom. The molecule has 0 aromatic heterocycles. The number of rotatable bonds is 7. The van der Waals surface area contributed by atoms with Crippen molar-refractivity contribution >= 4 is 11.4 Å². The van der Waals surface area contributed by atoms with Crippen LogP contribution >= 0.6 is 0 Å². The summed E-state index contributed by atoms with van der Waals surface area (Å²) in [5, 5.41) is 5.53. The number of ether oxygens (including phenoxy) is 1. The van der Waals surface area contributed by atoms with Crippen molar-refractivity contribution in [1.29, 1.82) is 0 Å². The van der Waals surface area contributed by atoms with Gasteiger partial charge in [-0.1, -0.05) is 43.5 Å². The predicted molar refractivity (Wildman–Crippen MR) is 115 cm³/mol. The number of anilines is 2. The first-order valence-electron chi connectivity index (χ1n) is 10.4. The lowest BCUT2D eigenvalue weighted by Gasteiger charge is -2.22. The molecule has 1 fully saturated rings. The molecule has 2 aliphatic rings. The van der Waals surface area contributed by atoms with Crippen molar-refractivity contribution < 1.29 is 9.57 Å². The van der Waals surface area contributed by atoms with Gasteiger partial charge >= 0.3 is 0 Å². The minimum Gasteiger partial charge on any atom is -0.494 e. The average Bonchev–Trinajstić information content (AvgIpc) is 3.46. The van der Waals surface area contributed by atoms with E-state index < -0.39 is 0 Å². The Kier molecular flexibility index (Phi) is 7.71. The van der Waals surface area contributed by atoms with Gasteiger partial charge in [0.15, 0.2) is 0 Å². The Morgan fingerprint density at radius 1 is 1.07 bits per heavy atom. The Morgan fingerprint density at radius 3 is 2.57 bits per heavy atom. The molecule has 0 bridgehead atoms. The third-order valence-corrected chi connectivity index (χ3v) is 5.30. The maximum Gasteiger partial charge on any atom is 0.123 e. The molecule has 0 amide bonds. The number of hydrogen-bond acceptors (Lipinski definition) is 5. The standard InChI is InChI=1S/C14H20N2O.C9H13NO/c1-17-16-13-8-7-11(9-14(13)16)10-15-12-5-3-2-4-6-12;1-2-11-9-6-4-3-5-8(9)7-10/h7-9,12,15H,2-6,10H2,1H3;3-6H,2,7,10H2,1H3. The predicted octanol–water partition coefficient (Wildman–Crippen LogP) is 4.67. The molecule has 0 spiro atoms. The third-order valence-electron chi connectivity index (χ3n) is 5.30. The molecule has 0 saturated heterocycles. The molecule has 4 rings (SSSR count). The monoisotopic (exact) mass is 383 g/mol. The highest BCUT2D eigenvalue weighted by molar-refractivity contribution is 5.90. The highest BCUT2D eigenvalue weighted by Gasteiger charge is 2.29. The number of para-hydroxylation sites is 1. The van der Waals surface area contributed by atoms with E-state index in [2.05, 4.69) is 23.5 Å². The minimum absolute atomic E-state index is 0.538. The molecule has 1 aliphatic heterocycles. The van der Waals surface area contributed by atoms with E-state index in [4.69, 9.17) is 15.3 Å². The van der Waals surface area contributed by atoms with Gasteiger partial charge in [-0.3, -0.25) is 4.84 Å². The molecule has 0 unspecified atom stereocenters. The van der Waals surface area contributed by atoms with Gasteiger partial charge < -0.3 is 15.8 Å². The lowest BCUT2D eigenvalue weighted by atomic mass is 9.95. The zero-order chi connectivity index (χ0) is 19.8. The van der Waals surface area contributed by atoms with Crippen LogP contribution < -0.4 is 20.9 Å². The number of nitrogens with two attached hydrogens (primary N) is 1. The summed E-state index contributed by atoms with van der Waals surface area (Å²) >= 11 is 0. The van der Waals surface area contributed by atoms with Gasteiger partial charge in [0.1, 0.15) is 5.75 Å². The van der Waals surface area contributed by atoms with Gasteiger partial charge in [-0.2, -0.15) is 0 Å². The molecular weight excluding hydrogens is 350 g/mol. The van der Waals surface area contributed by atoms with Gasteiger partial charge in [0, 0.05) is 24.7 Å². The van der Waals surface area contributed by atoms with Gasteiger partial charge in [0.2, 0.25) is 0 Å². The number of hydrogen-bond donors (Lipinski definition) is 2. The summed E-state index contributed by atoms with van der Waals surface area (Å²) in [5.74, 6) is 0.900. The Hall–Kier alpha value is -2.08. The largest absolute Gasteiger partial charge is 0.494 e. The average molecular weight is 384 g/mol. The first-order valence-corrected chi connectivity index (χ1v) is 10.4. The van der Waals surface area contributed by atoms with Gasteiger partial charge in [0.05, 0.1) is 25.1 Å². The molecule has 152 valence electrons. The Labute approximate surface area is 168 Å². The molecule has 1 aliphatic carbocycles. The van der Waals surface area contributed by atoms with Crippen LogP contribution in [0.3, 0.4) is 0 Å². The molecule has 28 heavy (non-hydrogen) atoms. The van der Waals surface area contributed by atoms with Gasteiger partial charge in [-0.25, -0.2) is 5.06 Å². The molecule has 5 nitrogen and oxygen atoms in total. The van der Waals surface area contributed by atoms with Crippen molar-refractivity contribution in [2.45, 2.75) is 58.2 Å². The van der Waals surface area contributed by atoms with Crippen LogP contribution in [-0.4, -0.2) is 19.8 Å². The molecular formula is C23H33N3O2. The molecule has 1 saturated carbocycles. The first kappa shape index (κ1) is 20.6. The highest BCUT2D eigenvalue weighted by atomic mass is 16.7. The Bertz CT molecular complexity index is 744. The fourth-order valence-corrected chi connectivity index (χ4v) is 3.71. The van der Waals surface area contributed by atoms with E-state index in [9.17, 15) is 0 Å². The lowest BCUT2D eigenvalue weighted by Crippen LogP contribution is -2.30. The topological polar surface area (TPSA) is 59.5 Å². The highest BCUT2D eigenvalue weighted by Crippen LogP contribution is 2.47. The number of nitrogens with zero attached hydrogens (tertiary/aromatic N) is 1. The van der Waals surface area contributed by atoms with Crippen LogP contribution in [0.2, 0.25) is 0 Å². The zero-order valence-corrected chi connectivity index (χ0v) is 17.1. The van der Waals surface area contributed by atoms with E-state index in [1.807, 2.05) is 36.3 Å². The van der Waals surface area contributed by atoms with Crippen molar-refractivity contribution in [1.82, 2.24) is 5.32 Å². The summed E-state index contributed by atoms with van der Waals surface area (Å²) in [7, 11) is 1.71. The second-order valence-corrected chi connectivity index (χ2v) is 7.26. The fourth-order valence-electron chi connectivity index (χ4n) is 3.71. The van der Waals surface area contributed by atoms with Gasteiger partial charge in [-0.05, 0) is 43.5 Å². The molecule has 5 heteroatoms. The van der Waals surface area contributed by atoms with Crippen LogP contribution in [-0.2, 0) is 17.9 Å². The molecule has 2 aromatic rings. The number of benzene rings is 2. The van der Waals surface area contributed by atoms with E-state index in [1.165, 1.54) is 49.0 Å². The summed E-state index contributed by atoms with van der Waals surface area (Å²) in [6.07, 6.45) is 6.88. The maximum atomic E-state index is 5.50. The van der Waals surface area contributed by atoms with E-state index in [0.717, 1.165) is 23.9 Å². The van der Waals surface area contributed by atoms with Crippen molar-refractivity contribution in [2.24, 2.45) is 5.73 Å². The summed E-state index contributed by atoms with van der Waals surface area (Å²) < 4.78 is 5.35. The fraction of sp³-hybridized carbons (Fsp3) is 0.478. The number of nitrogens with one attached hydrogen (secondary N) is 1. The quantitative estimate of drug-likeness (QED) is 0.681. The molecule has 3 N–H and O–H groups in total. The SMILES string of the molecule is CCOc1ccccc1CN.CON1c2ccc(CNC3CCCCC3)cc21. The third kappa shape index (κ3) is 5.47. The van der Waals surface area contributed by atoms with Gasteiger partial charge in [0.25, 0.3) is 0 Å². The second-order valence-electron chi connectivity index (χ2n) is 7.26. The molecule has 1 heterocycles. The van der Waals surface area contributed by atoms with Crippen molar-refractivity contribution in [3.63, 3.8) is 0 Å². The summed E-state index contributed by atoms with van der Waals surface area (Å²) in [6.45, 7) is 4.18. The van der Waals surface area contributed by atoms with E-state index >= 15 is 0 Å². The normalized spacial score (nSPS) is 15.5. The second kappa shape index (κ2) is 10.5. The molecule has 0 radical (unpaired) electrons. The van der Waals surface area contributed by atoms with E-state index in [0.29, 0.717) is 13.2 Å². The van der Waals surface area contributed by atoms with E-state index in [-0.39, 0.29) is 0 Å². The van der Waals surface area contributed by atoms with Crippen LogP contribution in [0.4, 0.5) is 11.4 Å². The van der Waals surface area contributed by atoms with Gasteiger partial charge in [-0.15, -0.1) is 0 Å². The first-order chi connectivity index (χ1) is 13.8. The molecule has 0 atom stereocenters. The van der Waals surface area contributed by atoms with Crippen LogP contribution in [0.25, 0.3) is 0 Å². The Balaban J connectivity index is 0.000000178. The number of fused-ring (bicyclic) bond motifs is 1. The zero-order valence-electron chi connectivity index (χ0n) is 17.1. The van der Waals surface area contributed by atoms with E-state index in [1.54, 1.807) is 7.11 Å². The molecule has 2 aromatic carbocycles. The summed E-state index contributed by atoms with van der Waals surface area (Å²) in [4.78, 5) is 5.19. The summed E-state index contributed by atoms with van der Waals surface area (Å²) in [5.41, 5.74) is 10.3. The van der Waals surface area contributed by atoms with Crippen LogP contribution in [0.15, 0.2) is 42.5 Å². The van der Waals surface area contributed by atoms with Crippen LogP contribution in [0.1, 0.15) is 50.2 Å². The minimum atomic E-state index is 0.538. The van der Waals surface area contributed by atoms with Crippen molar-refractivity contribution in [3.05, 3.63) is 53.6 Å². The van der Waals surface area contributed by atoms with Crippen molar-refractivity contribution in [2.75, 3.05) is 18.8 Å². The maximum absolute atomic E-state index is 5.50. The van der Waals surface area contributed by atoms with Crippen LogP contribution in [0.5, 0.6) is 5.75 Å².